The quantitative estimate of drug-likeness (QED) is 0.548. The van der Waals surface area contributed by atoms with Crippen LogP contribution in [0.4, 0.5) is 5.82 Å². The van der Waals surface area contributed by atoms with Gasteiger partial charge in [-0.15, -0.1) is 0 Å². The first-order chi connectivity index (χ1) is 14.7. The summed E-state index contributed by atoms with van der Waals surface area (Å²) in [5.41, 5.74) is 1.04. The molecule has 5 nitrogen and oxygen atoms in total. The average Bonchev–Trinajstić information content (AvgIpc) is 3.15. The number of amidine groups is 1. The van der Waals surface area contributed by atoms with Crippen LogP contribution in [0.25, 0.3) is 16.8 Å². The number of anilines is 1. The van der Waals surface area contributed by atoms with Crippen molar-refractivity contribution in [3.05, 3.63) is 76.3 Å². The Kier molecular flexibility index (Phi) is 5.19. The third-order valence-corrected chi connectivity index (χ3v) is 6.65. The Labute approximate surface area is 184 Å². The Bertz CT molecular complexity index is 1180. The summed E-state index contributed by atoms with van der Waals surface area (Å²) in [6.45, 7) is 3.11. The molecular weight excluding hydrogens is 416 g/mol. The standard InChI is InChI=1S/C23H19ClN4OS/c24-19-9-4-10-25-21(19)27-11-13-28(14-12-27)23-26-22(29)20(30-23)15-17-7-3-6-16-5-1-2-8-18(16)17/h1-10,15H,11-14H2. The lowest BCUT2D eigenvalue weighted by molar-refractivity contribution is -0.113. The van der Waals surface area contributed by atoms with Gasteiger partial charge in [0, 0.05) is 32.4 Å². The zero-order chi connectivity index (χ0) is 20.5. The number of pyridine rings is 1. The number of piperazine rings is 1. The molecule has 2 aliphatic rings. The summed E-state index contributed by atoms with van der Waals surface area (Å²) in [5, 5.41) is 3.73. The fourth-order valence-electron chi connectivity index (χ4n) is 3.77. The van der Waals surface area contributed by atoms with Gasteiger partial charge in [-0.05, 0) is 46.3 Å². The second-order valence-corrected chi connectivity index (χ2v) is 8.58. The molecule has 0 atom stereocenters. The Morgan fingerprint density at radius 3 is 2.53 bits per heavy atom. The molecule has 0 aliphatic carbocycles. The molecule has 2 aliphatic heterocycles. The minimum absolute atomic E-state index is 0.168. The van der Waals surface area contributed by atoms with Gasteiger partial charge in [0.05, 0.1) is 9.93 Å². The molecule has 5 rings (SSSR count). The number of hydrogen-bond acceptors (Lipinski definition) is 5. The molecule has 3 heterocycles. The van der Waals surface area contributed by atoms with Gasteiger partial charge >= 0.3 is 0 Å². The maximum Gasteiger partial charge on any atom is 0.286 e. The third kappa shape index (κ3) is 3.68. The molecule has 3 aromatic rings. The molecule has 1 amide bonds. The summed E-state index contributed by atoms with van der Waals surface area (Å²) in [6.07, 6.45) is 3.71. The van der Waals surface area contributed by atoms with Crippen LogP contribution < -0.4 is 4.90 Å². The number of carbonyl (C=O) groups is 1. The van der Waals surface area contributed by atoms with Crippen LogP contribution in [0, 0.1) is 0 Å². The number of thioether (sulfide) groups is 1. The van der Waals surface area contributed by atoms with Gasteiger partial charge in [-0.2, -0.15) is 4.99 Å². The lowest BCUT2D eigenvalue weighted by Gasteiger charge is -2.36. The highest BCUT2D eigenvalue weighted by atomic mass is 35.5. The molecule has 150 valence electrons. The van der Waals surface area contributed by atoms with Crippen molar-refractivity contribution in [2.24, 2.45) is 4.99 Å². The van der Waals surface area contributed by atoms with E-state index in [-0.39, 0.29) is 5.91 Å². The average molecular weight is 435 g/mol. The van der Waals surface area contributed by atoms with Gasteiger partial charge in [-0.3, -0.25) is 4.79 Å². The van der Waals surface area contributed by atoms with Crippen molar-refractivity contribution in [1.29, 1.82) is 0 Å². The minimum atomic E-state index is -0.168. The molecule has 1 saturated heterocycles. The van der Waals surface area contributed by atoms with E-state index in [4.69, 9.17) is 11.6 Å². The predicted octanol–water partition coefficient (Wildman–Crippen LogP) is 4.68. The SMILES string of the molecule is O=C1N=C(N2CCN(c3ncccc3Cl)CC2)SC1=Cc1cccc2ccccc12. The summed E-state index contributed by atoms with van der Waals surface area (Å²) in [6, 6.07) is 18.0. The van der Waals surface area contributed by atoms with Gasteiger partial charge in [-0.25, -0.2) is 4.98 Å². The number of fused-ring (bicyclic) bond motifs is 1. The van der Waals surface area contributed by atoms with E-state index in [0.29, 0.717) is 9.93 Å². The Morgan fingerprint density at radius 1 is 0.933 bits per heavy atom. The molecule has 0 N–H and O–H groups in total. The van der Waals surface area contributed by atoms with E-state index in [1.807, 2.05) is 42.5 Å². The van der Waals surface area contributed by atoms with Gasteiger partial charge in [0.25, 0.3) is 5.91 Å². The van der Waals surface area contributed by atoms with E-state index in [1.165, 1.54) is 11.8 Å². The monoisotopic (exact) mass is 434 g/mol. The van der Waals surface area contributed by atoms with Crippen molar-refractivity contribution in [2.75, 3.05) is 31.1 Å². The van der Waals surface area contributed by atoms with Crippen molar-refractivity contribution in [3.8, 4) is 0 Å². The van der Waals surface area contributed by atoms with Crippen LogP contribution >= 0.6 is 23.4 Å². The first-order valence-electron chi connectivity index (χ1n) is 9.80. The Hall–Kier alpha value is -2.83. The van der Waals surface area contributed by atoms with Crippen LogP contribution in [0.3, 0.4) is 0 Å². The van der Waals surface area contributed by atoms with Crippen molar-refractivity contribution < 1.29 is 4.79 Å². The minimum Gasteiger partial charge on any atom is -0.352 e. The number of rotatable bonds is 2. The normalized spacial score (nSPS) is 18.4. The number of nitrogens with zero attached hydrogens (tertiary/aromatic N) is 4. The van der Waals surface area contributed by atoms with E-state index in [2.05, 4.69) is 38.0 Å². The highest BCUT2D eigenvalue weighted by Crippen LogP contribution is 2.33. The molecule has 0 radical (unpaired) electrons. The van der Waals surface area contributed by atoms with Crippen LogP contribution in [-0.2, 0) is 4.79 Å². The van der Waals surface area contributed by atoms with Crippen LogP contribution in [0.5, 0.6) is 0 Å². The largest absolute Gasteiger partial charge is 0.352 e. The van der Waals surface area contributed by atoms with E-state index >= 15 is 0 Å². The number of aliphatic imine (C=N–C) groups is 1. The van der Waals surface area contributed by atoms with Crippen LogP contribution in [0.1, 0.15) is 5.56 Å². The smallest absolute Gasteiger partial charge is 0.286 e. The summed E-state index contributed by atoms with van der Waals surface area (Å²) >= 11 is 7.74. The van der Waals surface area contributed by atoms with E-state index in [9.17, 15) is 4.79 Å². The maximum atomic E-state index is 12.6. The molecule has 30 heavy (non-hydrogen) atoms. The van der Waals surface area contributed by atoms with Gasteiger partial charge in [0.15, 0.2) is 5.17 Å². The molecule has 0 saturated carbocycles. The molecule has 1 aromatic heterocycles. The molecular formula is C23H19ClN4OS. The zero-order valence-electron chi connectivity index (χ0n) is 16.2. The molecule has 7 heteroatoms. The molecule has 2 aromatic carbocycles. The summed E-state index contributed by atoms with van der Waals surface area (Å²) in [4.78, 5) is 26.3. The number of hydrogen-bond donors (Lipinski definition) is 0. The predicted molar refractivity (Wildman–Crippen MR) is 125 cm³/mol. The summed E-state index contributed by atoms with van der Waals surface area (Å²) in [5.74, 6) is 0.644. The fraction of sp³-hybridized carbons (Fsp3) is 0.174. The second-order valence-electron chi connectivity index (χ2n) is 7.16. The van der Waals surface area contributed by atoms with E-state index in [0.717, 1.165) is 53.5 Å². The molecule has 0 spiro atoms. The summed E-state index contributed by atoms with van der Waals surface area (Å²) < 4.78 is 0. The van der Waals surface area contributed by atoms with Crippen molar-refractivity contribution in [3.63, 3.8) is 0 Å². The fourth-order valence-corrected chi connectivity index (χ4v) is 4.97. The van der Waals surface area contributed by atoms with Gasteiger partial charge in [0.2, 0.25) is 0 Å². The number of halogens is 1. The van der Waals surface area contributed by atoms with Crippen LogP contribution in [0.2, 0.25) is 5.02 Å². The third-order valence-electron chi connectivity index (χ3n) is 5.31. The summed E-state index contributed by atoms with van der Waals surface area (Å²) in [7, 11) is 0. The highest BCUT2D eigenvalue weighted by molar-refractivity contribution is 8.18. The zero-order valence-corrected chi connectivity index (χ0v) is 17.7. The van der Waals surface area contributed by atoms with Gasteiger partial charge < -0.3 is 9.80 Å². The Balaban J connectivity index is 1.30. The lowest BCUT2D eigenvalue weighted by Crippen LogP contribution is -2.48. The van der Waals surface area contributed by atoms with Crippen molar-refractivity contribution in [1.82, 2.24) is 9.88 Å². The molecule has 0 unspecified atom stereocenters. The topological polar surface area (TPSA) is 48.8 Å². The maximum absolute atomic E-state index is 12.6. The number of benzene rings is 2. The number of amides is 1. The number of aromatic nitrogens is 1. The molecule has 0 bridgehead atoms. The first kappa shape index (κ1) is 19.2. The van der Waals surface area contributed by atoms with E-state index < -0.39 is 0 Å². The van der Waals surface area contributed by atoms with Gasteiger partial charge in [0.1, 0.15) is 5.82 Å². The van der Waals surface area contributed by atoms with Crippen LogP contribution in [-0.4, -0.2) is 47.1 Å². The Morgan fingerprint density at radius 2 is 1.70 bits per heavy atom. The van der Waals surface area contributed by atoms with Crippen molar-refractivity contribution in [2.45, 2.75) is 0 Å². The van der Waals surface area contributed by atoms with Crippen molar-refractivity contribution >= 4 is 57.1 Å². The lowest BCUT2D eigenvalue weighted by atomic mass is 10.0. The first-order valence-corrected chi connectivity index (χ1v) is 11.0. The molecule has 1 fully saturated rings. The van der Waals surface area contributed by atoms with Gasteiger partial charge in [-0.1, -0.05) is 54.1 Å². The number of carbonyl (C=O) groups excluding carboxylic acids is 1. The van der Waals surface area contributed by atoms with E-state index in [1.54, 1.807) is 6.20 Å². The second kappa shape index (κ2) is 8.13. The van der Waals surface area contributed by atoms with Crippen LogP contribution in [0.15, 0.2) is 70.7 Å². The highest BCUT2D eigenvalue weighted by Gasteiger charge is 2.29.